The van der Waals surface area contributed by atoms with Crippen molar-refractivity contribution in [2.45, 2.75) is 32.2 Å². The number of carbonyl (C=O) groups is 2. The summed E-state index contributed by atoms with van der Waals surface area (Å²) in [5, 5.41) is 4.22. The van der Waals surface area contributed by atoms with Gasteiger partial charge in [-0.25, -0.2) is 0 Å². The number of carbonyl (C=O) groups excluding carboxylic acids is 2. The van der Waals surface area contributed by atoms with Crippen molar-refractivity contribution in [2.75, 3.05) is 52.5 Å². The van der Waals surface area contributed by atoms with E-state index < -0.39 is 0 Å². The highest BCUT2D eigenvalue weighted by atomic mass is 16.5. The van der Waals surface area contributed by atoms with Crippen LogP contribution in [0.4, 0.5) is 0 Å². The maximum atomic E-state index is 12.7. The quantitative estimate of drug-likeness (QED) is 0.726. The molecule has 0 spiro atoms. The van der Waals surface area contributed by atoms with Gasteiger partial charge in [0, 0.05) is 65.5 Å². The molecule has 0 radical (unpaired) electrons. The number of aryl methyl sites for hydroxylation is 1. The smallest absolute Gasteiger partial charge is 0.274 e. The van der Waals surface area contributed by atoms with Gasteiger partial charge in [-0.15, -0.1) is 0 Å². The van der Waals surface area contributed by atoms with Gasteiger partial charge in [0.2, 0.25) is 5.91 Å². The van der Waals surface area contributed by atoms with Gasteiger partial charge in [-0.3, -0.25) is 19.2 Å². The van der Waals surface area contributed by atoms with E-state index in [-0.39, 0.29) is 17.9 Å². The molecular formula is C19H31N5O3. The van der Waals surface area contributed by atoms with Crippen LogP contribution in [-0.2, 0) is 16.6 Å². The Balaban J connectivity index is 1.54. The number of morpholine rings is 1. The molecule has 3 rings (SSSR count). The molecule has 1 unspecified atom stereocenters. The molecule has 1 atom stereocenters. The van der Waals surface area contributed by atoms with E-state index in [0.717, 1.165) is 65.2 Å². The summed E-state index contributed by atoms with van der Waals surface area (Å²) >= 11 is 0. The van der Waals surface area contributed by atoms with Crippen molar-refractivity contribution in [2.24, 2.45) is 7.05 Å². The number of piperidine rings is 1. The largest absolute Gasteiger partial charge is 0.379 e. The van der Waals surface area contributed by atoms with E-state index in [4.69, 9.17) is 4.74 Å². The van der Waals surface area contributed by atoms with Crippen LogP contribution in [-0.4, -0.2) is 94.8 Å². The predicted molar refractivity (Wildman–Crippen MR) is 101 cm³/mol. The van der Waals surface area contributed by atoms with E-state index in [1.807, 2.05) is 16.8 Å². The van der Waals surface area contributed by atoms with Gasteiger partial charge in [-0.2, -0.15) is 5.10 Å². The molecule has 8 heteroatoms. The van der Waals surface area contributed by atoms with Crippen molar-refractivity contribution in [3.05, 3.63) is 18.0 Å². The molecule has 2 aliphatic heterocycles. The summed E-state index contributed by atoms with van der Waals surface area (Å²) in [6, 6.07) is 1.84. The lowest BCUT2D eigenvalue weighted by molar-refractivity contribution is -0.132. The minimum atomic E-state index is -0.0443. The molecule has 1 aromatic heterocycles. The summed E-state index contributed by atoms with van der Waals surface area (Å²) in [7, 11) is 1.81. The van der Waals surface area contributed by atoms with Crippen LogP contribution in [0.3, 0.4) is 0 Å². The first-order valence-corrected chi connectivity index (χ1v) is 9.91. The number of hydrogen-bond acceptors (Lipinski definition) is 5. The molecule has 0 aliphatic carbocycles. The molecule has 8 nitrogen and oxygen atoms in total. The lowest BCUT2D eigenvalue weighted by atomic mass is 10.0. The topological polar surface area (TPSA) is 70.9 Å². The van der Waals surface area contributed by atoms with Crippen molar-refractivity contribution in [1.29, 1.82) is 0 Å². The lowest BCUT2D eigenvalue weighted by Crippen LogP contribution is -2.52. The van der Waals surface area contributed by atoms with Crippen molar-refractivity contribution in [3.63, 3.8) is 0 Å². The third-order valence-electron chi connectivity index (χ3n) is 5.44. The molecule has 0 aromatic carbocycles. The van der Waals surface area contributed by atoms with Gasteiger partial charge in [-0.1, -0.05) is 0 Å². The molecule has 150 valence electrons. The van der Waals surface area contributed by atoms with Gasteiger partial charge >= 0.3 is 0 Å². The molecule has 1 aromatic rings. The predicted octanol–water partition coefficient (Wildman–Crippen LogP) is 0.596. The van der Waals surface area contributed by atoms with E-state index in [9.17, 15) is 9.59 Å². The highest BCUT2D eigenvalue weighted by molar-refractivity contribution is 5.92. The Morgan fingerprint density at radius 2 is 2.07 bits per heavy atom. The van der Waals surface area contributed by atoms with E-state index in [2.05, 4.69) is 10.00 Å². The second-order valence-electron chi connectivity index (χ2n) is 7.44. The molecule has 2 aliphatic rings. The monoisotopic (exact) mass is 377 g/mol. The minimum Gasteiger partial charge on any atom is -0.379 e. The number of rotatable bonds is 6. The van der Waals surface area contributed by atoms with E-state index in [1.54, 1.807) is 23.9 Å². The zero-order chi connectivity index (χ0) is 19.2. The summed E-state index contributed by atoms with van der Waals surface area (Å²) < 4.78 is 7.02. The number of nitrogens with zero attached hydrogens (tertiary/aromatic N) is 5. The van der Waals surface area contributed by atoms with Crippen LogP contribution in [0.15, 0.2) is 12.3 Å². The minimum absolute atomic E-state index is 0.0443. The van der Waals surface area contributed by atoms with E-state index in [0.29, 0.717) is 12.2 Å². The molecule has 0 N–H and O–H groups in total. The molecule has 0 bridgehead atoms. The number of amides is 2. The second kappa shape index (κ2) is 9.32. The van der Waals surface area contributed by atoms with Gasteiger partial charge in [0.1, 0.15) is 5.69 Å². The van der Waals surface area contributed by atoms with Crippen molar-refractivity contribution in [1.82, 2.24) is 24.5 Å². The Morgan fingerprint density at radius 3 is 2.74 bits per heavy atom. The van der Waals surface area contributed by atoms with Crippen molar-refractivity contribution in [3.8, 4) is 0 Å². The average molecular weight is 377 g/mol. The van der Waals surface area contributed by atoms with Crippen LogP contribution in [0.5, 0.6) is 0 Å². The van der Waals surface area contributed by atoms with Crippen molar-refractivity contribution < 1.29 is 14.3 Å². The highest BCUT2D eigenvalue weighted by Gasteiger charge is 2.30. The molecule has 2 saturated heterocycles. The first-order chi connectivity index (χ1) is 13.0. The molecule has 2 amide bonds. The third kappa shape index (κ3) is 5.29. The van der Waals surface area contributed by atoms with Gasteiger partial charge in [0.05, 0.1) is 13.2 Å². The Labute approximate surface area is 161 Å². The molecule has 27 heavy (non-hydrogen) atoms. The van der Waals surface area contributed by atoms with Crippen LogP contribution in [0.2, 0.25) is 0 Å². The van der Waals surface area contributed by atoms with Gasteiger partial charge in [0.25, 0.3) is 5.91 Å². The summed E-state index contributed by atoms with van der Waals surface area (Å²) in [5.74, 6) is 0.0474. The summed E-state index contributed by atoms with van der Waals surface area (Å²) in [6.45, 7) is 8.20. The fraction of sp³-hybridized carbons (Fsp3) is 0.737. The second-order valence-corrected chi connectivity index (χ2v) is 7.44. The van der Waals surface area contributed by atoms with Crippen molar-refractivity contribution >= 4 is 11.8 Å². The first kappa shape index (κ1) is 19.8. The SMILES string of the molecule is CC(=O)N(CCCN1CCOCC1)C1CCCN(C(=O)c2ccn(C)n2)C1. The zero-order valence-electron chi connectivity index (χ0n) is 16.5. The Bertz CT molecular complexity index is 641. The fourth-order valence-electron chi connectivity index (χ4n) is 3.97. The maximum Gasteiger partial charge on any atom is 0.274 e. The summed E-state index contributed by atoms with van der Waals surface area (Å²) in [6.07, 6.45) is 4.59. The van der Waals surface area contributed by atoms with Gasteiger partial charge in [-0.05, 0) is 25.3 Å². The molecular weight excluding hydrogens is 346 g/mol. The highest BCUT2D eigenvalue weighted by Crippen LogP contribution is 2.18. The standard InChI is InChI=1S/C19H31N5O3/c1-16(25)24(9-4-7-22-11-13-27-14-12-22)17-5-3-8-23(15-17)19(26)18-6-10-21(2)20-18/h6,10,17H,3-5,7-9,11-15H2,1-2H3. The molecule has 3 heterocycles. The van der Waals surface area contributed by atoms with E-state index in [1.165, 1.54) is 0 Å². The Hall–Kier alpha value is -1.93. The van der Waals surface area contributed by atoms with Crippen LogP contribution in [0, 0.1) is 0 Å². The van der Waals surface area contributed by atoms with Crippen LogP contribution >= 0.6 is 0 Å². The Morgan fingerprint density at radius 1 is 1.30 bits per heavy atom. The average Bonchev–Trinajstić information content (AvgIpc) is 3.11. The number of likely N-dealkylation sites (tertiary alicyclic amines) is 1. The van der Waals surface area contributed by atoms with Gasteiger partial charge < -0.3 is 14.5 Å². The number of aromatic nitrogens is 2. The first-order valence-electron chi connectivity index (χ1n) is 9.91. The zero-order valence-corrected chi connectivity index (χ0v) is 16.5. The lowest BCUT2D eigenvalue weighted by Gasteiger charge is -2.39. The maximum absolute atomic E-state index is 12.7. The molecule has 0 saturated carbocycles. The summed E-state index contributed by atoms with van der Waals surface area (Å²) in [4.78, 5) is 31.1. The molecule has 2 fully saturated rings. The van der Waals surface area contributed by atoms with Gasteiger partial charge in [0.15, 0.2) is 0 Å². The Kier molecular flexibility index (Phi) is 6.84. The number of hydrogen-bond donors (Lipinski definition) is 0. The third-order valence-corrected chi connectivity index (χ3v) is 5.44. The van der Waals surface area contributed by atoms with E-state index >= 15 is 0 Å². The van der Waals surface area contributed by atoms with Crippen LogP contribution < -0.4 is 0 Å². The fourth-order valence-corrected chi connectivity index (χ4v) is 3.97. The summed E-state index contributed by atoms with van der Waals surface area (Å²) in [5.41, 5.74) is 0.472. The van der Waals surface area contributed by atoms with Crippen LogP contribution in [0.1, 0.15) is 36.7 Å². The normalized spacial score (nSPS) is 21.3. The number of ether oxygens (including phenoxy) is 1. The van der Waals surface area contributed by atoms with Crippen LogP contribution in [0.25, 0.3) is 0 Å².